The van der Waals surface area contributed by atoms with E-state index in [2.05, 4.69) is 5.32 Å². The van der Waals surface area contributed by atoms with Crippen molar-refractivity contribution in [3.8, 4) is 0 Å². The molecule has 1 heterocycles. The summed E-state index contributed by atoms with van der Waals surface area (Å²) in [7, 11) is 0. The van der Waals surface area contributed by atoms with Crippen molar-refractivity contribution in [2.24, 2.45) is 0 Å². The van der Waals surface area contributed by atoms with Crippen molar-refractivity contribution >= 4 is 11.8 Å². The Morgan fingerprint density at radius 3 is 2.92 bits per heavy atom. The molecule has 0 aromatic rings. The second-order valence-corrected chi connectivity index (χ2v) is 5.09. The molecule has 1 aliphatic carbocycles. The molecule has 0 aromatic carbocycles. The third-order valence-corrected chi connectivity index (χ3v) is 3.68. The monoisotopic (exact) mass is 201 g/mol. The van der Waals surface area contributed by atoms with Gasteiger partial charge in [0.05, 0.1) is 6.10 Å². The van der Waals surface area contributed by atoms with Crippen molar-refractivity contribution in [2.75, 3.05) is 24.7 Å². The highest BCUT2D eigenvalue weighted by Crippen LogP contribution is 2.19. The Kier molecular flexibility index (Phi) is 3.94. The lowest BCUT2D eigenvalue weighted by Crippen LogP contribution is -2.20. The number of rotatable bonds is 6. The van der Waals surface area contributed by atoms with E-state index < -0.39 is 0 Å². The van der Waals surface area contributed by atoms with Crippen LogP contribution in [0.5, 0.6) is 0 Å². The Morgan fingerprint density at radius 2 is 2.23 bits per heavy atom. The first-order valence-corrected chi connectivity index (χ1v) is 6.53. The molecule has 76 valence electrons. The number of nitrogens with one attached hydrogen (secondary N) is 1. The van der Waals surface area contributed by atoms with E-state index >= 15 is 0 Å². The highest BCUT2D eigenvalue weighted by Gasteiger charge is 2.19. The van der Waals surface area contributed by atoms with Crippen molar-refractivity contribution < 1.29 is 4.74 Å². The van der Waals surface area contributed by atoms with Gasteiger partial charge in [0.1, 0.15) is 0 Å². The molecule has 1 saturated carbocycles. The van der Waals surface area contributed by atoms with E-state index in [1.54, 1.807) is 0 Å². The molecule has 1 unspecified atom stereocenters. The summed E-state index contributed by atoms with van der Waals surface area (Å²) >= 11 is 2.03. The molecule has 0 bridgehead atoms. The second kappa shape index (κ2) is 5.23. The summed E-state index contributed by atoms with van der Waals surface area (Å²) in [4.78, 5) is 0. The Hall–Kier alpha value is 0.270. The molecule has 0 spiro atoms. The lowest BCUT2D eigenvalue weighted by molar-refractivity contribution is 0.129. The molecule has 13 heavy (non-hydrogen) atoms. The van der Waals surface area contributed by atoms with Crippen molar-refractivity contribution in [3.63, 3.8) is 0 Å². The van der Waals surface area contributed by atoms with Crippen LogP contribution < -0.4 is 5.32 Å². The molecule has 2 rings (SSSR count). The zero-order chi connectivity index (χ0) is 8.93. The fraction of sp³-hybridized carbons (Fsp3) is 1.00. The summed E-state index contributed by atoms with van der Waals surface area (Å²) in [5.74, 6) is 2.45. The van der Waals surface area contributed by atoms with Gasteiger partial charge in [0, 0.05) is 30.7 Å². The van der Waals surface area contributed by atoms with Crippen molar-refractivity contribution in [3.05, 3.63) is 0 Å². The van der Waals surface area contributed by atoms with Crippen LogP contribution in [0, 0.1) is 0 Å². The highest BCUT2D eigenvalue weighted by atomic mass is 32.2. The number of hydrogen-bond acceptors (Lipinski definition) is 3. The maximum Gasteiger partial charge on any atom is 0.0666 e. The van der Waals surface area contributed by atoms with Crippen LogP contribution in [0.15, 0.2) is 0 Å². The summed E-state index contributed by atoms with van der Waals surface area (Å²) in [6.07, 6.45) is 5.91. The van der Waals surface area contributed by atoms with Gasteiger partial charge in [-0.25, -0.2) is 0 Å². The van der Waals surface area contributed by atoms with Crippen LogP contribution in [0.1, 0.15) is 25.7 Å². The van der Waals surface area contributed by atoms with Gasteiger partial charge in [0.25, 0.3) is 0 Å². The third-order valence-electron chi connectivity index (χ3n) is 2.58. The number of hydrogen-bond donors (Lipinski definition) is 1. The van der Waals surface area contributed by atoms with E-state index in [9.17, 15) is 0 Å². The Labute approximate surface area is 84.8 Å². The minimum absolute atomic E-state index is 0.561. The number of ether oxygens (including phenoxy) is 1. The molecule has 1 saturated heterocycles. The molecule has 1 aliphatic heterocycles. The molecular weight excluding hydrogens is 182 g/mol. The van der Waals surface area contributed by atoms with Crippen molar-refractivity contribution in [1.82, 2.24) is 5.32 Å². The molecule has 2 nitrogen and oxygen atoms in total. The van der Waals surface area contributed by atoms with E-state index in [4.69, 9.17) is 4.74 Å². The third kappa shape index (κ3) is 3.88. The van der Waals surface area contributed by atoms with Gasteiger partial charge in [-0.15, -0.1) is 0 Å². The molecule has 2 aliphatic rings. The van der Waals surface area contributed by atoms with Gasteiger partial charge in [0.2, 0.25) is 0 Å². The predicted octanol–water partition coefficient (Wildman–Crippen LogP) is 1.65. The predicted molar refractivity (Wildman–Crippen MR) is 57.3 cm³/mol. The second-order valence-electron chi connectivity index (χ2n) is 3.94. The molecule has 0 aromatic heterocycles. The summed E-state index contributed by atoms with van der Waals surface area (Å²) in [5.41, 5.74) is 0. The summed E-state index contributed by atoms with van der Waals surface area (Å²) in [6, 6.07) is 0.864. The van der Waals surface area contributed by atoms with Gasteiger partial charge in [0.15, 0.2) is 0 Å². The maximum atomic E-state index is 5.55. The smallest absolute Gasteiger partial charge is 0.0666 e. The van der Waals surface area contributed by atoms with Gasteiger partial charge in [-0.05, 0) is 25.7 Å². The van der Waals surface area contributed by atoms with Crippen molar-refractivity contribution in [2.45, 2.75) is 37.8 Å². The summed E-state index contributed by atoms with van der Waals surface area (Å²) < 4.78 is 5.55. The van der Waals surface area contributed by atoms with Gasteiger partial charge < -0.3 is 10.1 Å². The lowest BCUT2D eigenvalue weighted by atomic mass is 10.3. The van der Waals surface area contributed by atoms with E-state index in [1.165, 1.54) is 43.7 Å². The summed E-state index contributed by atoms with van der Waals surface area (Å²) in [5, 5.41) is 3.52. The molecule has 1 atom stereocenters. The van der Waals surface area contributed by atoms with E-state index in [-0.39, 0.29) is 0 Å². The van der Waals surface area contributed by atoms with Crippen LogP contribution in [-0.2, 0) is 4.74 Å². The molecule has 0 radical (unpaired) electrons. The van der Waals surface area contributed by atoms with Gasteiger partial charge in [-0.1, -0.05) is 0 Å². The van der Waals surface area contributed by atoms with Crippen LogP contribution in [-0.4, -0.2) is 36.8 Å². The fourth-order valence-corrected chi connectivity index (χ4v) is 2.57. The summed E-state index contributed by atoms with van der Waals surface area (Å²) in [6.45, 7) is 2.17. The molecule has 2 fully saturated rings. The van der Waals surface area contributed by atoms with Crippen LogP contribution >= 0.6 is 11.8 Å². The number of thioether (sulfide) groups is 1. The van der Waals surface area contributed by atoms with Gasteiger partial charge in [-0.3, -0.25) is 0 Å². The molecule has 1 N–H and O–H groups in total. The van der Waals surface area contributed by atoms with Gasteiger partial charge >= 0.3 is 0 Å². The molecule has 0 amide bonds. The lowest BCUT2D eigenvalue weighted by Gasteiger charge is -2.08. The highest BCUT2D eigenvalue weighted by molar-refractivity contribution is 7.99. The fourth-order valence-electron chi connectivity index (χ4n) is 1.61. The zero-order valence-corrected chi connectivity index (χ0v) is 8.94. The van der Waals surface area contributed by atoms with Crippen LogP contribution in [0.2, 0.25) is 0 Å². The van der Waals surface area contributed by atoms with Gasteiger partial charge in [-0.2, -0.15) is 11.8 Å². The first-order chi connectivity index (χ1) is 6.45. The average Bonchev–Trinajstić information content (AvgIpc) is 2.81. The molecular formula is C10H19NOS. The Morgan fingerprint density at radius 1 is 1.31 bits per heavy atom. The SMILES string of the molecule is C1COC(CSCCNC2CC2)C1. The van der Waals surface area contributed by atoms with Crippen LogP contribution in [0.25, 0.3) is 0 Å². The molecule has 3 heteroatoms. The Bertz CT molecular complexity index is 144. The average molecular weight is 201 g/mol. The Balaban J connectivity index is 1.39. The standard InChI is InChI=1S/C10H19NOS/c1-2-10(12-6-1)8-13-7-5-11-9-3-4-9/h9-11H,1-8H2. The normalized spacial score (nSPS) is 28.2. The minimum atomic E-state index is 0.561. The first kappa shape index (κ1) is 9.81. The maximum absolute atomic E-state index is 5.55. The minimum Gasteiger partial charge on any atom is -0.377 e. The van der Waals surface area contributed by atoms with E-state index in [1.807, 2.05) is 11.8 Å². The topological polar surface area (TPSA) is 21.3 Å². The van der Waals surface area contributed by atoms with Crippen LogP contribution in [0.4, 0.5) is 0 Å². The first-order valence-electron chi connectivity index (χ1n) is 5.38. The van der Waals surface area contributed by atoms with Crippen molar-refractivity contribution in [1.29, 1.82) is 0 Å². The van der Waals surface area contributed by atoms with E-state index in [0.29, 0.717) is 6.10 Å². The quantitative estimate of drug-likeness (QED) is 0.660. The largest absolute Gasteiger partial charge is 0.377 e. The zero-order valence-electron chi connectivity index (χ0n) is 8.13. The van der Waals surface area contributed by atoms with Crippen LogP contribution in [0.3, 0.4) is 0 Å². The van der Waals surface area contributed by atoms with E-state index in [0.717, 1.165) is 12.6 Å².